The number of methoxy groups -OCH3 is 1. The maximum Gasteiger partial charge on any atom is 0.126 e. The van der Waals surface area contributed by atoms with Gasteiger partial charge in [0.15, 0.2) is 0 Å². The summed E-state index contributed by atoms with van der Waals surface area (Å²) in [4.78, 5) is 0. The Balaban J connectivity index is 3.08. The van der Waals surface area contributed by atoms with Crippen molar-refractivity contribution >= 4 is 6.08 Å². The lowest BCUT2D eigenvalue weighted by atomic mass is 9.93. The number of ether oxygens (including phenoxy) is 1. The summed E-state index contributed by atoms with van der Waals surface area (Å²) in [5.74, 6) is 0.545. The molecule has 0 spiro atoms. The molecule has 15 heavy (non-hydrogen) atoms. The molecule has 2 heteroatoms. The van der Waals surface area contributed by atoms with Gasteiger partial charge in [-0.3, -0.25) is 0 Å². The van der Waals surface area contributed by atoms with Crippen LogP contribution in [0.3, 0.4) is 0 Å². The zero-order valence-electron chi connectivity index (χ0n) is 9.67. The lowest BCUT2D eigenvalue weighted by Crippen LogP contribution is -2.05. The maximum atomic E-state index is 13.7. The second-order valence-corrected chi connectivity index (χ2v) is 4.48. The van der Waals surface area contributed by atoms with E-state index in [1.54, 1.807) is 7.11 Å². The number of halogens is 1. The van der Waals surface area contributed by atoms with Gasteiger partial charge in [-0.1, -0.05) is 39.0 Å². The first-order chi connectivity index (χ1) is 6.95. The van der Waals surface area contributed by atoms with Crippen LogP contribution in [0.1, 0.15) is 26.3 Å². The van der Waals surface area contributed by atoms with Crippen molar-refractivity contribution in [2.24, 2.45) is 5.41 Å². The highest BCUT2D eigenvalue weighted by molar-refractivity contribution is 5.59. The summed E-state index contributed by atoms with van der Waals surface area (Å²) in [6, 6.07) is 7.39. The molecule has 0 aliphatic heterocycles. The van der Waals surface area contributed by atoms with Gasteiger partial charge in [-0.25, -0.2) is 4.39 Å². The normalized spacial score (nSPS) is 12.7. The lowest BCUT2D eigenvalue weighted by molar-refractivity contribution is 0.387. The van der Waals surface area contributed by atoms with E-state index >= 15 is 0 Å². The van der Waals surface area contributed by atoms with Gasteiger partial charge in [0.05, 0.1) is 7.11 Å². The van der Waals surface area contributed by atoms with E-state index in [2.05, 4.69) is 0 Å². The number of benzene rings is 1. The summed E-state index contributed by atoms with van der Waals surface area (Å²) >= 11 is 0. The van der Waals surface area contributed by atoms with Crippen molar-refractivity contribution < 1.29 is 9.13 Å². The van der Waals surface area contributed by atoms with Gasteiger partial charge in [0.2, 0.25) is 0 Å². The number of allylic oxidation sites excluding steroid dienone is 1. The fraction of sp³-hybridized carbons (Fsp3) is 0.385. The number of hydrogen-bond donors (Lipinski definition) is 0. The fourth-order valence-electron chi connectivity index (χ4n) is 1.14. The van der Waals surface area contributed by atoms with Gasteiger partial charge in [0.25, 0.3) is 0 Å². The molecule has 0 bridgehead atoms. The van der Waals surface area contributed by atoms with Gasteiger partial charge in [-0.15, -0.1) is 0 Å². The van der Waals surface area contributed by atoms with Crippen LogP contribution in [0.4, 0.5) is 4.39 Å². The Bertz CT molecular complexity index is 361. The van der Waals surface area contributed by atoms with Gasteiger partial charge in [-0.2, -0.15) is 0 Å². The number of rotatable bonds is 2. The predicted molar refractivity (Wildman–Crippen MR) is 61.5 cm³/mol. The van der Waals surface area contributed by atoms with Crippen LogP contribution in [-0.4, -0.2) is 7.11 Å². The molecule has 0 saturated carbocycles. The fourth-order valence-corrected chi connectivity index (χ4v) is 1.14. The molecule has 0 unspecified atom stereocenters. The maximum absolute atomic E-state index is 13.7. The summed E-state index contributed by atoms with van der Waals surface area (Å²) in [5.41, 5.74) is 0.313. The van der Waals surface area contributed by atoms with Crippen LogP contribution < -0.4 is 4.74 Å². The van der Waals surface area contributed by atoms with E-state index in [9.17, 15) is 4.39 Å². The van der Waals surface area contributed by atoms with E-state index < -0.39 is 5.41 Å². The molecule has 0 N–H and O–H groups in total. The quantitative estimate of drug-likeness (QED) is 0.712. The molecule has 1 nitrogen and oxygen atoms in total. The van der Waals surface area contributed by atoms with Gasteiger partial charge in [0, 0.05) is 11.0 Å². The van der Waals surface area contributed by atoms with Crippen LogP contribution in [0, 0.1) is 5.41 Å². The van der Waals surface area contributed by atoms with Crippen molar-refractivity contribution in [1.29, 1.82) is 0 Å². The van der Waals surface area contributed by atoms with E-state index in [0.29, 0.717) is 5.75 Å². The van der Waals surface area contributed by atoms with Crippen LogP contribution >= 0.6 is 0 Å². The Kier molecular flexibility index (Phi) is 3.51. The lowest BCUT2D eigenvalue weighted by Gasteiger charge is -2.15. The molecule has 0 heterocycles. The zero-order valence-corrected chi connectivity index (χ0v) is 9.67. The average molecular weight is 208 g/mol. The smallest absolute Gasteiger partial charge is 0.126 e. The molecule has 1 rings (SSSR count). The summed E-state index contributed by atoms with van der Waals surface area (Å²) < 4.78 is 18.9. The summed E-state index contributed by atoms with van der Waals surface area (Å²) in [6.45, 7) is 5.52. The Morgan fingerprint density at radius 2 is 1.87 bits per heavy atom. The molecular weight excluding hydrogens is 191 g/mol. The average Bonchev–Trinajstić information content (AvgIpc) is 2.17. The molecule has 0 saturated heterocycles. The zero-order chi connectivity index (χ0) is 11.5. The second kappa shape index (κ2) is 4.47. The van der Waals surface area contributed by atoms with E-state index in [0.717, 1.165) is 5.56 Å². The molecule has 1 aromatic rings. The minimum absolute atomic E-state index is 0.146. The summed E-state index contributed by atoms with van der Waals surface area (Å²) in [5, 5.41) is 0. The Morgan fingerprint density at radius 1 is 1.27 bits per heavy atom. The third-order valence-electron chi connectivity index (χ3n) is 2.14. The number of para-hydroxylation sites is 1. The molecular formula is C13H17FO. The SMILES string of the molecule is COc1ccccc1/C=C(\F)C(C)(C)C. The van der Waals surface area contributed by atoms with Crippen LogP contribution in [0.25, 0.3) is 6.08 Å². The molecule has 0 radical (unpaired) electrons. The van der Waals surface area contributed by atoms with Crippen LogP contribution in [0.2, 0.25) is 0 Å². The molecule has 0 fully saturated rings. The van der Waals surface area contributed by atoms with Crippen molar-refractivity contribution in [2.45, 2.75) is 20.8 Å². The highest BCUT2D eigenvalue weighted by Gasteiger charge is 2.17. The molecule has 0 amide bonds. The van der Waals surface area contributed by atoms with Gasteiger partial charge < -0.3 is 4.74 Å². The van der Waals surface area contributed by atoms with E-state index in [1.165, 1.54) is 6.08 Å². The number of hydrogen-bond acceptors (Lipinski definition) is 1. The molecule has 0 aliphatic rings. The van der Waals surface area contributed by atoms with E-state index in [1.807, 2.05) is 45.0 Å². The first kappa shape index (κ1) is 11.8. The Labute approximate surface area is 90.6 Å². The first-order valence-electron chi connectivity index (χ1n) is 4.96. The third-order valence-corrected chi connectivity index (χ3v) is 2.14. The topological polar surface area (TPSA) is 9.23 Å². The van der Waals surface area contributed by atoms with Crippen LogP contribution in [0.15, 0.2) is 30.1 Å². The molecule has 0 aromatic heterocycles. The molecule has 0 atom stereocenters. The van der Waals surface area contributed by atoms with Crippen molar-refractivity contribution in [3.05, 3.63) is 35.7 Å². The van der Waals surface area contributed by atoms with E-state index in [4.69, 9.17) is 4.74 Å². The molecule has 82 valence electrons. The monoisotopic (exact) mass is 208 g/mol. The van der Waals surface area contributed by atoms with Gasteiger partial charge >= 0.3 is 0 Å². The minimum atomic E-state index is -0.457. The Hall–Kier alpha value is -1.31. The van der Waals surface area contributed by atoms with Crippen LogP contribution in [0.5, 0.6) is 5.75 Å². The molecule has 0 aliphatic carbocycles. The molecule has 1 aromatic carbocycles. The minimum Gasteiger partial charge on any atom is -0.496 e. The van der Waals surface area contributed by atoms with Gasteiger partial charge in [-0.05, 0) is 12.1 Å². The van der Waals surface area contributed by atoms with E-state index in [-0.39, 0.29) is 5.83 Å². The van der Waals surface area contributed by atoms with Crippen molar-refractivity contribution in [3.8, 4) is 5.75 Å². The van der Waals surface area contributed by atoms with Crippen molar-refractivity contribution in [1.82, 2.24) is 0 Å². The Morgan fingerprint density at radius 3 is 2.40 bits per heavy atom. The summed E-state index contributed by atoms with van der Waals surface area (Å²) in [6.07, 6.45) is 1.53. The van der Waals surface area contributed by atoms with Crippen molar-refractivity contribution in [3.63, 3.8) is 0 Å². The standard InChI is InChI=1S/C13H17FO/c1-13(2,3)12(14)9-10-7-5-6-8-11(10)15-4/h5-9H,1-4H3/b12-9-. The first-order valence-corrected chi connectivity index (χ1v) is 4.96. The largest absolute Gasteiger partial charge is 0.496 e. The summed E-state index contributed by atoms with van der Waals surface area (Å²) in [7, 11) is 1.58. The third kappa shape index (κ3) is 3.08. The van der Waals surface area contributed by atoms with Gasteiger partial charge in [0.1, 0.15) is 11.6 Å². The second-order valence-electron chi connectivity index (χ2n) is 4.48. The predicted octanol–water partition coefficient (Wildman–Crippen LogP) is 4.05. The highest BCUT2D eigenvalue weighted by atomic mass is 19.1. The highest BCUT2D eigenvalue weighted by Crippen LogP contribution is 2.30. The van der Waals surface area contributed by atoms with Crippen molar-refractivity contribution in [2.75, 3.05) is 7.11 Å². The van der Waals surface area contributed by atoms with Crippen LogP contribution in [-0.2, 0) is 0 Å².